The fourth-order valence-corrected chi connectivity index (χ4v) is 2.04. The lowest BCUT2D eigenvalue weighted by Gasteiger charge is -2.02. The summed E-state index contributed by atoms with van der Waals surface area (Å²) in [6.45, 7) is 1.09. The molecular weight excluding hydrogens is 168 g/mol. The lowest BCUT2D eigenvalue weighted by atomic mass is 10.2. The first-order valence-corrected chi connectivity index (χ1v) is 4.92. The molecule has 0 aromatic heterocycles. The van der Waals surface area contributed by atoms with Gasteiger partial charge in [0.05, 0.1) is 0 Å². The first kappa shape index (κ1) is 7.95. The summed E-state index contributed by atoms with van der Waals surface area (Å²) >= 11 is 1.66. The van der Waals surface area contributed by atoms with Gasteiger partial charge in [-0.2, -0.15) is 0 Å². The quantitative estimate of drug-likeness (QED) is 0.680. The van der Waals surface area contributed by atoms with E-state index < -0.39 is 0 Å². The monoisotopic (exact) mass is 180 g/mol. The van der Waals surface area contributed by atoms with Gasteiger partial charge in [-0.1, -0.05) is 0 Å². The zero-order chi connectivity index (χ0) is 8.39. The van der Waals surface area contributed by atoms with Gasteiger partial charge < -0.3 is 5.32 Å². The Morgan fingerprint density at radius 3 is 3.25 bits per heavy atom. The molecule has 2 rings (SSSR count). The fourth-order valence-electron chi connectivity index (χ4n) is 1.46. The van der Waals surface area contributed by atoms with Crippen molar-refractivity contribution in [1.29, 1.82) is 0 Å². The predicted molar refractivity (Wildman–Crippen MR) is 53.6 cm³/mol. The van der Waals surface area contributed by atoms with Crippen LogP contribution < -0.4 is 10.0 Å². The summed E-state index contributed by atoms with van der Waals surface area (Å²) < 4.78 is 3.07. The molecule has 0 aliphatic carbocycles. The molecule has 0 amide bonds. The van der Waals surface area contributed by atoms with Crippen molar-refractivity contribution in [2.75, 3.05) is 18.9 Å². The van der Waals surface area contributed by atoms with Crippen LogP contribution in [-0.2, 0) is 6.42 Å². The average Bonchev–Trinajstić information content (AvgIpc) is 2.51. The van der Waals surface area contributed by atoms with E-state index in [1.165, 1.54) is 16.1 Å². The van der Waals surface area contributed by atoms with Crippen LogP contribution in [0.1, 0.15) is 5.56 Å². The van der Waals surface area contributed by atoms with Crippen LogP contribution in [0.15, 0.2) is 23.1 Å². The maximum absolute atomic E-state index is 3.34. The van der Waals surface area contributed by atoms with Crippen LogP contribution in [0.25, 0.3) is 0 Å². The molecule has 1 aliphatic heterocycles. The van der Waals surface area contributed by atoms with Gasteiger partial charge in [0.1, 0.15) is 0 Å². The minimum Gasteiger partial charge on any atom is -0.384 e. The van der Waals surface area contributed by atoms with E-state index in [1.807, 2.05) is 7.05 Å². The number of anilines is 1. The Morgan fingerprint density at radius 2 is 2.42 bits per heavy atom. The summed E-state index contributed by atoms with van der Waals surface area (Å²) in [5.74, 6) is 0. The summed E-state index contributed by atoms with van der Waals surface area (Å²) in [4.78, 5) is 1.29. The standard InChI is InChI=1S/C9H12N2S/c1-10-12-8-2-3-9-7(6-8)4-5-11-9/h2-3,6,10-11H,4-5H2,1H3. The van der Waals surface area contributed by atoms with Gasteiger partial charge in [0.25, 0.3) is 0 Å². The van der Waals surface area contributed by atoms with Gasteiger partial charge in [0.2, 0.25) is 0 Å². The van der Waals surface area contributed by atoms with E-state index in [-0.39, 0.29) is 0 Å². The highest BCUT2D eigenvalue weighted by Gasteiger charge is 2.09. The predicted octanol–water partition coefficient (Wildman–Crippen LogP) is 1.88. The Hall–Kier alpha value is -0.670. The van der Waals surface area contributed by atoms with E-state index in [4.69, 9.17) is 0 Å². The summed E-state index contributed by atoms with van der Waals surface area (Å²) in [6, 6.07) is 6.54. The second kappa shape index (κ2) is 3.37. The van der Waals surface area contributed by atoms with Crippen LogP contribution in [0.3, 0.4) is 0 Å². The average molecular weight is 180 g/mol. The molecule has 0 saturated heterocycles. The van der Waals surface area contributed by atoms with Crippen LogP contribution in [0, 0.1) is 0 Å². The molecule has 2 nitrogen and oxygen atoms in total. The summed E-state index contributed by atoms with van der Waals surface area (Å²) in [5.41, 5.74) is 2.74. The van der Waals surface area contributed by atoms with Crippen molar-refractivity contribution in [2.24, 2.45) is 0 Å². The molecule has 0 bridgehead atoms. The Balaban J connectivity index is 2.26. The Labute approximate surface area is 76.9 Å². The molecule has 1 heterocycles. The summed E-state index contributed by atoms with van der Waals surface area (Å²) in [6.07, 6.45) is 1.16. The van der Waals surface area contributed by atoms with Gasteiger partial charge in [0, 0.05) is 17.1 Å². The van der Waals surface area contributed by atoms with Crippen LogP contribution >= 0.6 is 11.9 Å². The topological polar surface area (TPSA) is 24.1 Å². The van der Waals surface area contributed by atoms with Crippen molar-refractivity contribution in [3.63, 3.8) is 0 Å². The molecule has 1 aromatic rings. The third-order valence-corrected chi connectivity index (χ3v) is 2.70. The smallest absolute Gasteiger partial charge is 0.0374 e. The Bertz CT molecular complexity index is 286. The van der Waals surface area contributed by atoms with Crippen molar-refractivity contribution >= 4 is 17.6 Å². The van der Waals surface area contributed by atoms with Gasteiger partial charge in [0.15, 0.2) is 0 Å². The van der Waals surface area contributed by atoms with E-state index in [9.17, 15) is 0 Å². The van der Waals surface area contributed by atoms with E-state index in [0.29, 0.717) is 0 Å². The van der Waals surface area contributed by atoms with Crippen LogP contribution in [0.5, 0.6) is 0 Å². The van der Waals surface area contributed by atoms with Crippen molar-refractivity contribution in [3.05, 3.63) is 23.8 Å². The second-order valence-corrected chi connectivity index (χ2v) is 3.89. The van der Waals surface area contributed by atoms with Gasteiger partial charge in [-0.25, -0.2) is 0 Å². The normalized spacial score (nSPS) is 14.1. The molecule has 1 aliphatic rings. The van der Waals surface area contributed by atoms with Crippen molar-refractivity contribution in [3.8, 4) is 0 Å². The summed E-state index contributed by atoms with van der Waals surface area (Å²) in [7, 11) is 1.94. The number of hydrogen-bond donors (Lipinski definition) is 2. The molecule has 0 radical (unpaired) electrons. The number of fused-ring (bicyclic) bond motifs is 1. The third kappa shape index (κ3) is 1.42. The zero-order valence-corrected chi connectivity index (χ0v) is 7.87. The minimum absolute atomic E-state index is 1.09. The number of benzene rings is 1. The largest absolute Gasteiger partial charge is 0.384 e. The highest BCUT2D eigenvalue weighted by molar-refractivity contribution is 7.97. The lowest BCUT2D eigenvalue weighted by Crippen LogP contribution is -1.91. The third-order valence-electron chi connectivity index (χ3n) is 2.01. The maximum atomic E-state index is 3.34. The van der Waals surface area contributed by atoms with Crippen molar-refractivity contribution in [2.45, 2.75) is 11.3 Å². The van der Waals surface area contributed by atoms with Crippen LogP contribution in [0.2, 0.25) is 0 Å². The SMILES string of the molecule is CNSc1ccc2c(c1)CCN2. The highest BCUT2D eigenvalue weighted by atomic mass is 32.2. The molecule has 1 aromatic carbocycles. The highest BCUT2D eigenvalue weighted by Crippen LogP contribution is 2.26. The second-order valence-electron chi connectivity index (χ2n) is 2.80. The molecule has 0 fully saturated rings. The molecular formula is C9H12N2S. The van der Waals surface area contributed by atoms with Gasteiger partial charge in [-0.15, -0.1) is 0 Å². The Kier molecular flexibility index (Phi) is 2.23. The molecule has 3 heteroatoms. The fraction of sp³-hybridized carbons (Fsp3) is 0.333. The van der Waals surface area contributed by atoms with E-state index in [0.717, 1.165) is 13.0 Å². The van der Waals surface area contributed by atoms with E-state index in [2.05, 4.69) is 28.2 Å². The molecule has 0 atom stereocenters. The van der Waals surface area contributed by atoms with Crippen LogP contribution in [0.4, 0.5) is 5.69 Å². The van der Waals surface area contributed by atoms with Gasteiger partial charge in [-0.3, -0.25) is 4.72 Å². The molecule has 0 spiro atoms. The molecule has 12 heavy (non-hydrogen) atoms. The van der Waals surface area contributed by atoms with E-state index in [1.54, 1.807) is 11.9 Å². The first-order valence-electron chi connectivity index (χ1n) is 4.10. The number of rotatable bonds is 2. The van der Waals surface area contributed by atoms with Gasteiger partial charge >= 0.3 is 0 Å². The van der Waals surface area contributed by atoms with Crippen LogP contribution in [-0.4, -0.2) is 13.6 Å². The molecule has 0 unspecified atom stereocenters. The number of nitrogens with one attached hydrogen (secondary N) is 2. The maximum Gasteiger partial charge on any atom is 0.0374 e. The van der Waals surface area contributed by atoms with E-state index >= 15 is 0 Å². The van der Waals surface area contributed by atoms with Gasteiger partial charge in [-0.05, 0) is 49.2 Å². The van der Waals surface area contributed by atoms with Crippen molar-refractivity contribution in [1.82, 2.24) is 4.72 Å². The summed E-state index contributed by atoms with van der Waals surface area (Å²) in [5, 5.41) is 3.34. The zero-order valence-electron chi connectivity index (χ0n) is 7.05. The molecule has 0 saturated carbocycles. The minimum atomic E-state index is 1.09. The number of hydrogen-bond acceptors (Lipinski definition) is 3. The Morgan fingerprint density at radius 1 is 1.50 bits per heavy atom. The first-order chi connectivity index (χ1) is 5.90. The van der Waals surface area contributed by atoms with Crippen molar-refractivity contribution < 1.29 is 0 Å². The molecule has 64 valence electrons. The lowest BCUT2D eigenvalue weighted by molar-refractivity contribution is 1.10. The molecule has 2 N–H and O–H groups in total.